The van der Waals surface area contributed by atoms with Gasteiger partial charge in [-0.05, 0) is 42.3 Å². The van der Waals surface area contributed by atoms with Gasteiger partial charge in [0, 0.05) is 24.5 Å². The molecule has 1 amide bonds. The van der Waals surface area contributed by atoms with Crippen LogP contribution in [0.2, 0.25) is 0 Å². The van der Waals surface area contributed by atoms with Crippen LogP contribution in [0.1, 0.15) is 11.1 Å². The van der Waals surface area contributed by atoms with Crippen molar-refractivity contribution in [3.63, 3.8) is 0 Å². The topological polar surface area (TPSA) is 67.9 Å². The van der Waals surface area contributed by atoms with Gasteiger partial charge in [0.2, 0.25) is 0 Å². The highest BCUT2D eigenvalue weighted by Gasteiger charge is 2.12. The van der Waals surface area contributed by atoms with Gasteiger partial charge in [-0.25, -0.2) is 0 Å². The Bertz CT molecular complexity index is 783. The summed E-state index contributed by atoms with van der Waals surface area (Å²) in [5, 5.41) is 2.74. The predicted molar refractivity (Wildman–Crippen MR) is 104 cm³/mol. The van der Waals surface area contributed by atoms with E-state index in [-0.39, 0.29) is 18.9 Å². The highest BCUT2D eigenvalue weighted by atomic mass is 16.5. The van der Waals surface area contributed by atoms with Gasteiger partial charge in [0.1, 0.15) is 0 Å². The fraction of sp³-hybridized carbons (Fsp3) is 0.333. The van der Waals surface area contributed by atoms with Gasteiger partial charge in [-0.3, -0.25) is 9.59 Å². The van der Waals surface area contributed by atoms with Crippen LogP contribution in [0.4, 0.5) is 11.4 Å². The van der Waals surface area contributed by atoms with Gasteiger partial charge in [0.15, 0.2) is 6.61 Å². The molecule has 1 aliphatic heterocycles. The van der Waals surface area contributed by atoms with E-state index in [4.69, 9.17) is 9.47 Å². The van der Waals surface area contributed by atoms with E-state index in [2.05, 4.69) is 10.2 Å². The summed E-state index contributed by atoms with van der Waals surface area (Å²) in [6.07, 6.45) is 0.161. The lowest BCUT2D eigenvalue weighted by Crippen LogP contribution is -2.36. The minimum atomic E-state index is -0.415. The monoisotopic (exact) mass is 368 g/mol. The fourth-order valence-corrected chi connectivity index (χ4v) is 2.94. The van der Waals surface area contributed by atoms with Gasteiger partial charge in [0.05, 0.1) is 19.6 Å². The average molecular weight is 368 g/mol. The smallest absolute Gasteiger partial charge is 0.310 e. The van der Waals surface area contributed by atoms with E-state index in [9.17, 15) is 9.59 Å². The molecule has 0 unspecified atom stereocenters. The van der Waals surface area contributed by atoms with Crippen LogP contribution in [0.15, 0.2) is 48.5 Å². The molecular weight excluding hydrogens is 344 g/mol. The maximum Gasteiger partial charge on any atom is 0.310 e. The zero-order valence-corrected chi connectivity index (χ0v) is 15.4. The summed E-state index contributed by atoms with van der Waals surface area (Å²) >= 11 is 0. The van der Waals surface area contributed by atoms with Gasteiger partial charge in [0.25, 0.3) is 5.91 Å². The van der Waals surface area contributed by atoms with E-state index in [1.807, 2.05) is 55.5 Å². The van der Waals surface area contributed by atoms with Crippen LogP contribution in [0.5, 0.6) is 0 Å². The van der Waals surface area contributed by atoms with Crippen LogP contribution in [-0.4, -0.2) is 44.8 Å². The first-order chi connectivity index (χ1) is 13.1. The molecule has 6 heteroatoms. The molecule has 27 heavy (non-hydrogen) atoms. The number of hydrogen-bond donors (Lipinski definition) is 1. The third-order valence-electron chi connectivity index (χ3n) is 4.49. The number of nitrogens with one attached hydrogen (secondary N) is 1. The van der Waals surface area contributed by atoms with Crippen molar-refractivity contribution in [1.82, 2.24) is 0 Å². The highest BCUT2D eigenvalue weighted by molar-refractivity contribution is 5.93. The Kier molecular flexibility index (Phi) is 6.44. The van der Waals surface area contributed by atoms with Crippen LogP contribution in [0.25, 0.3) is 0 Å². The summed E-state index contributed by atoms with van der Waals surface area (Å²) in [4.78, 5) is 26.2. The van der Waals surface area contributed by atoms with Gasteiger partial charge in [-0.2, -0.15) is 0 Å². The van der Waals surface area contributed by atoms with Crippen LogP contribution in [0, 0.1) is 6.92 Å². The largest absolute Gasteiger partial charge is 0.455 e. The third-order valence-corrected chi connectivity index (χ3v) is 4.49. The minimum Gasteiger partial charge on any atom is -0.455 e. The third kappa shape index (κ3) is 5.56. The molecule has 0 atom stereocenters. The van der Waals surface area contributed by atoms with E-state index < -0.39 is 5.97 Å². The Morgan fingerprint density at radius 3 is 2.48 bits per heavy atom. The molecule has 0 aromatic heterocycles. The molecule has 0 bridgehead atoms. The number of ether oxygens (including phenoxy) is 2. The number of carbonyl (C=O) groups is 2. The average Bonchev–Trinajstić information content (AvgIpc) is 2.69. The maximum atomic E-state index is 12.0. The Morgan fingerprint density at radius 2 is 1.78 bits per heavy atom. The zero-order valence-electron chi connectivity index (χ0n) is 15.4. The van der Waals surface area contributed by atoms with Crippen molar-refractivity contribution < 1.29 is 19.1 Å². The molecule has 0 radical (unpaired) electrons. The number of morpholine rings is 1. The van der Waals surface area contributed by atoms with Gasteiger partial charge in [-0.1, -0.05) is 24.3 Å². The van der Waals surface area contributed by atoms with Crippen molar-refractivity contribution >= 4 is 23.3 Å². The summed E-state index contributed by atoms with van der Waals surface area (Å²) in [5.41, 5.74) is 3.70. The molecule has 3 rings (SSSR count). The second-order valence-electron chi connectivity index (χ2n) is 6.46. The number of esters is 1. The molecule has 0 saturated carbocycles. The van der Waals surface area contributed by atoms with Crippen LogP contribution in [-0.2, 0) is 25.5 Å². The van der Waals surface area contributed by atoms with E-state index >= 15 is 0 Å². The number of benzene rings is 2. The molecule has 1 heterocycles. The molecular formula is C21H24N2O4. The van der Waals surface area contributed by atoms with Crippen molar-refractivity contribution in [3.8, 4) is 0 Å². The Labute approximate surface area is 159 Å². The van der Waals surface area contributed by atoms with E-state index in [1.54, 1.807) is 0 Å². The fourth-order valence-electron chi connectivity index (χ4n) is 2.94. The molecule has 1 N–H and O–H groups in total. The minimum absolute atomic E-state index is 0.161. The number of hydrogen-bond acceptors (Lipinski definition) is 5. The first-order valence-electron chi connectivity index (χ1n) is 9.04. The maximum absolute atomic E-state index is 12.0. The molecule has 1 saturated heterocycles. The molecule has 6 nitrogen and oxygen atoms in total. The summed E-state index contributed by atoms with van der Waals surface area (Å²) in [6.45, 7) is 4.83. The number of nitrogens with zero attached hydrogens (tertiary/aromatic N) is 1. The molecule has 0 spiro atoms. The normalized spacial score (nSPS) is 13.9. The second-order valence-corrected chi connectivity index (χ2v) is 6.46. The van der Waals surface area contributed by atoms with Crippen LogP contribution < -0.4 is 10.2 Å². The number of rotatable bonds is 6. The summed E-state index contributed by atoms with van der Waals surface area (Å²) in [5.74, 6) is -0.769. The van der Waals surface area contributed by atoms with Crippen LogP contribution in [0.3, 0.4) is 0 Å². The van der Waals surface area contributed by atoms with Crippen LogP contribution >= 0.6 is 0 Å². The number of anilines is 2. The van der Waals surface area contributed by atoms with E-state index in [0.717, 1.165) is 43.1 Å². The van der Waals surface area contributed by atoms with Crippen molar-refractivity contribution in [2.75, 3.05) is 43.1 Å². The van der Waals surface area contributed by atoms with Crippen molar-refractivity contribution in [3.05, 3.63) is 59.7 Å². The molecule has 142 valence electrons. The standard InChI is InChI=1S/C21H24N2O4/c1-16-4-2-3-5-17(16)14-21(25)27-15-20(24)22-18-6-8-19(9-7-18)23-10-12-26-13-11-23/h2-9H,10-15H2,1H3,(H,22,24). The second kappa shape index (κ2) is 9.19. The summed E-state index contributed by atoms with van der Waals surface area (Å²) in [6, 6.07) is 15.2. The summed E-state index contributed by atoms with van der Waals surface area (Å²) in [7, 11) is 0. The number of aryl methyl sites for hydroxylation is 1. The lowest BCUT2D eigenvalue weighted by molar-refractivity contribution is -0.146. The van der Waals surface area contributed by atoms with Crippen molar-refractivity contribution in [2.24, 2.45) is 0 Å². The number of amides is 1. The Morgan fingerprint density at radius 1 is 1.07 bits per heavy atom. The van der Waals surface area contributed by atoms with Gasteiger partial charge < -0.3 is 19.7 Å². The van der Waals surface area contributed by atoms with Gasteiger partial charge >= 0.3 is 5.97 Å². The van der Waals surface area contributed by atoms with Crippen molar-refractivity contribution in [1.29, 1.82) is 0 Å². The Hall–Kier alpha value is -2.86. The van der Waals surface area contributed by atoms with E-state index in [1.165, 1.54) is 0 Å². The highest BCUT2D eigenvalue weighted by Crippen LogP contribution is 2.19. The molecule has 1 aliphatic rings. The zero-order chi connectivity index (χ0) is 19.1. The summed E-state index contributed by atoms with van der Waals surface area (Å²) < 4.78 is 10.4. The first kappa shape index (κ1) is 18.9. The molecule has 0 aliphatic carbocycles. The lowest BCUT2D eigenvalue weighted by atomic mass is 10.1. The molecule has 2 aromatic rings. The Balaban J connectivity index is 1.45. The molecule has 2 aromatic carbocycles. The lowest BCUT2D eigenvalue weighted by Gasteiger charge is -2.28. The predicted octanol–water partition coefficient (Wildman–Crippen LogP) is 2.56. The van der Waals surface area contributed by atoms with Crippen molar-refractivity contribution in [2.45, 2.75) is 13.3 Å². The van der Waals surface area contributed by atoms with E-state index in [0.29, 0.717) is 5.69 Å². The number of carbonyl (C=O) groups excluding carboxylic acids is 2. The molecule has 1 fully saturated rings. The SMILES string of the molecule is Cc1ccccc1CC(=O)OCC(=O)Nc1ccc(N2CCOCC2)cc1. The first-order valence-corrected chi connectivity index (χ1v) is 9.04. The quantitative estimate of drug-likeness (QED) is 0.794. The van der Waals surface area contributed by atoms with Gasteiger partial charge in [-0.15, -0.1) is 0 Å².